The third kappa shape index (κ3) is 5.10. The van der Waals surface area contributed by atoms with Crippen LogP contribution >= 0.6 is 0 Å². The molecule has 5 rings (SSSR count). The number of aromatic nitrogens is 3. The van der Waals surface area contributed by atoms with Crippen molar-refractivity contribution in [2.45, 2.75) is 18.9 Å². The fourth-order valence-corrected chi connectivity index (χ4v) is 3.82. The summed E-state index contributed by atoms with van der Waals surface area (Å²) in [6.45, 7) is 1.45. The average molecular weight is 440 g/mol. The number of rotatable bonds is 6. The van der Waals surface area contributed by atoms with Gasteiger partial charge in [-0.15, -0.1) is 0 Å². The molecule has 0 unspecified atom stereocenters. The van der Waals surface area contributed by atoms with E-state index in [9.17, 15) is 0 Å². The molecule has 4 aromatic rings. The minimum absolute atomic E-state index is 0.143. The molecule has 7 nitrogen and oxygen atoms in total. The molecule has 0 aliphatic carbocycles. The number of benzene rings is 2. The standard InChI is InChI=1S/C26H25N5O2/c27-23-17-20(4-5-25(23)33-22-9-14-32-15-10-22)24-8-13-29-26(31-24)30-21-3-1-2-19(16-21)18-6-11-28-12-7-18/h1-8,11-13,16-17,22H,9-10,14-15,27H2,(H,29,30,31). The van der Waals surface area contributed by atoms with E-state index in [1.807, 2.05) is 48.5 Å². The Morgan fingerprint density at radius 2 is 1.73 bits per heavy atom. The van der Waals surface area contributed by atoms with Crippen LogP contribution in [0.1, 0.15) is 12.8 Å². The molecule has 1 saturated heterocycles. The van der Waals surface area contributed by atoms with E-state index in [0.29, 0.717) is 17.4 Å². The zero-order valence-electron chi connectivity index (χ0n) is 18.1. The first kappa shape index (κ1) is 20.9. The van der Waals surface area contributed by atoms with Gasteiger partial charge in [0.25, 0.3) is 0 Å². The molecule has 0 saturated carbocycles. The molecular formula is C26H25N5O2. The molecule has 0 bridgehead atoms. The van der Waals surface area contributed by atoms with Gasteiger partial charge in [-0.05, 0) is 59.7 Å². The highest BCUT2D eigenvalue weighted by Gasteiger charge is 2.17. The van der Waals surface area contributed by atoms with Crippen LogP contribution in [0.4, 0.5) is 17.3 Å². The van der Waals surface area contributed by atoms with E-state index in [0.717, 1.165) is 54.1 Å². The first-order valence-corrected chi connectivity index (χ1v) is 11.0. The van der Waals surface area contributed by atoms with E-state index in [1.165, 1.54) is 0 Å². The van der Waals surface area contributed by atoms with Crippen LogP contribution in [0.5, 0.6) is 5.75 Å². The Balaban J connectivity index is 1.33. The minimum atomic E-state index is 0.143. The molecule has 3 heterocycles. The summed E-state index contributed by atoms with van der Waals surface area (Å²) in [5.74, 6) is 1.21. The van der Waals surface area contributed by atoms with Crippen LogP contribution in [0.15, 0.2) is 79.3 Å². The Kier molecular flexibility index (Phi) is 6.12. The number of hydrogen-bond donors (Lipinski definition) is 2. The molecule has 0 spiro atoms. The van der Waals surface area contributed by atoms with Crippen molar-refractivity contribution in [1.29, 1.82) is 0 Å². The molecule has 0 atom stereocenters. The zero-order chi connectivity index (χ0) is 22.5. The molecule has 0 radical (unpaired) electrons. The van der Waals surface area contributed by atoms with Gasteiger partial charge in [-0.25, -0.2) is 9.97 Å². The molecule has 2 aromatic heterocycles. The number of nitrogen functional groups attached to an aromatic ring is 1. The summed E-state index contributed by atoms with van der Waals surface area (Å²) in [4.78, 5) is 13.1. The lowest BCUT2D eigenvalue weighted by molar-refractivity contribution is 0.0259. The zero-order valence-corrected chi connectivity index (χ0v) is 18.1. The Morgan fingerprint density at radius 3 is 2.55 bits per heavy atom. The summed E-state index contributed by atoms with van der Waals surface area (Å²) in [5, 5.41) is 3.30. The average Bonchev–Trinajstić information content (AvgIpc) is 2.87. The highest BCUT2D eigenvalue weighted by Crippen LogP contribution is 2.30. The van der Waals surface area contributed by atoms with Crippen LogP contribution in [0.25, 0.3) is 22.4 Å². The Labute approximate surface area is 192 Å². The van der Waals surface area contributed by atoms with Crippen LogP contribution in [-0.2, 0) is 4.74 Å². The Bertz CT molecular complexity index is 1230. The van der Waals surface area contributed by atoms with Crippen molar-refractivity contribution < 1.29 is 9.47 Å². The van der Waals surface area contributed by atoms with Crippen molar-refractivity contribution in [3.63, 3.8) is 0 Å². The summed E-state index contributed by atoms with van der Waals surface area (Å²) in [6.07, 6.45) is 7.21. The van der Waals surface area contributed by atoms with Crippen molar-refractivity contribution in [3.8, 4) is 28.1 Å². The van der Waals surface area contributed by atoms with Gasteiger partial charge in [0, 0.05) is 42.7 Å². The lowest BCUT2D eigenvalue weighted by Crippen LogP contribution is -2.26. The fourth-order valence-electron chi connectivity index (χ4n) is 3.82. The van der Waals surface area contributed by atoms with Gasteiger partial charge in [-0.1, -0.05) is 12.1 Å². The van der Waals surface area contributed by atoms with Crippen LogP contribution in [0.3, 0.4) is 0 Å². The Hall–Kier alpha value is -3.97. The maximum atomic E-state index is 6.29. The first-order chi connectivity index (χ1) is 16.2. The second-order valence-electron chi connectivity index (χ2n) is 7.89. The smallest absolute Gasteiger partial charge is 0.227 e. The van der Waals surface area contributed by atoms with Gasteiger partial charge < -0.3 is 20.5 Å². The second kappa shape index (κ2) is 9.67. The van der Waals surface area contributed by atoms with Crippen molar-refractivity contribution in [3.05, 3.63) is 79.3 Å². The summed E-state index contributed by atoms with van der Waals surface area (Å²) in [6, 6.07) is 19.7. The van der Waals surface area contributed by atoms with E-state index in [1.54, 1.807) is 18.6 Å². The molecule has 1 fully saturated rings. The number of hydrogen-bond acceptors (Lipinski definition) is 7. The van der Waals surface area contributed by atoms with Crippen molar-refractivity contribution in [2.24, 2.45) is 0 Å². The summed E-state index contributed by atoms with van der Waals surface area (Å²) in [5.41, 5.74) is 11.7. The van der Waals surface area contributed by atoms with Gasteiger partial charge >= 0.3 is 0 Å². The highest BCUT2D eigenvalue weighted by atomic mass is 16.5. The third-order valence-corrected chi connectivity index (χ3v) is 5.56. The molecular weight excluding hydrogens is 414 g/mol. The highest BCUT2D eigenvalue weighted by molar-refractivity contribution is 5.71. The SMILES string of the molecule is Nc1cc(-c2ccnc(Nc3cccc(-c4ccncc4)c3)n2)ccc1OC1CCOCC1. The van der Waals surface area contributed by atoms with Gasteiger partial charge in [0.05, 0.1) is 24.6 Å². The second-order valence-corrected chi connectivity index (χ2v) is 7.89. The number of pyridine rings is 1. The summed E-state index contributed by atoms with van der Waals surface area (Å²) < 4.78 is 11.5. The van der Waals surface area contributed by atoms with Crippen LogP contribution in [-0.4, -0.2) is 34.3 Å². The molecule has 7 heteroatoms. The van der Waals surface area contributed by atoms with Crippen LogP contribution in [0, 0.1) is 0 Å². The minimum Gasteiger partial charge on any atom is -0.488 e. The lowest BCUT2D eigenvalue weighted by atomic mass is 10.1. The third-order valence-electron chi connectivity index (χ3n) is 5.56. The number of ether oxygens (including phenoxy) is 2. The predicted molar refractivity (Wildman–Crippen MR) is 129 cm³/mol. The number of nitrogens with one attached hydrogen (secondary N) is 1. The van der Waals surface area contributed by atoms with E-state index in [2.05, 4.69) is 32.4 Å². The lowest BCUT2D eigenvalue weighted by Gasteiger charge is -2.24. The summed E-state index contributed by atoms with van der Waals surface area (Å²) in [7, 11) is 0. The quantitative estimate of drug-likeness (QED) is 0.404. The first-order valence-electron chi connectivity index (χ1n) is 11.0. The molecule has 1 aliphatic heterocycles. The van der Waals surface area contributed by atoms with Crippen molar-refractivity contribution >= 4 is 17.3 Å². The maximum absolute atomic E-state index is 6.29. The van der Waals surface area contributed by atoms with Gasteiger partial charge in [-0.2, -0.15) is 0 Å². The fraction of sp³-hybridized carbons (Fsp3) is 0.192. The topological polar surface area (TPSA) is 95.2 Å². The van der Waals surface area contributed by atoms with Gasteiger partial charge in [0.15, 0.2) is 0 Å². The number of nitrogens with two attached hydrogens (primary N) is 1. The van der Waals surface area contributed by atoms with E-state index >= 15 is 0 Å². The molecule has 3 N–H and O–H groups in total. The summed E-state index contributed by atoms with van der Waals surface area (Å²) >= 11 is 0. The molecule has 33 heavy (non-hydrogen) atoms. The predicted octanol–water partition coefficient (Wildman–Crippen LogP) is 5.09. The molecule has 1 aliphatic rings. The van der Waals surface area contributed by atoms with Crippen molar-refractivity contribution in [2.75, 3.05) is 24.3 Å². The van der Waals surface area contributed by atoms with E-state index < -0.39 is 0 Å². The van der Waals surface area contributed by atoms with Crippen LogP contribution in [0.2, 0.25) is 0 Å². The van der Waals surface area contributed by atoms with E-state index in [-0.39, 0.29) is 6.10 Å². The Morgan fingerprint density at radius 1 is 0.879 bits per heavy atom. The molecule has 2 aromatic carbocycles. The van der Waals surface area contributed by atoms with Crippen LogP contribution < -0.4 is 15.8 Å². The molecule has 166 valence electrons. The van der Waals surface area contributed by atoms with Crippen molar-refractivity contribution in [1.82, 2.24) is 15.0 Å². The number of anilines is 3. The van der Waals surface area contributed by atoms with E-state index in [4.69, 9.17) is 15.2 Å². The number of nitrogens with zero attached hydrogens (tertiary/aromatic N) is 3. The maximum Gasteiger partial charge on any atom is 0.227 e. The van der Waals surface area contributed by atoms with Gasteiger partial charge in [0.2, 0.25) is 5.95 Å². The monoisotopic (exact) mass is 439 g/mol. The largest absolute Gasteiger partial charge is 0.488 e. The normalized spacial score (nSPS) is 14.1. The van der Waals surface area contributed by atoms with Gasteiger partial charge in [-0.3, -0.25) is 4.98 Å². The molecule has 0 amide bonds. The van der Waals surface area contributed by atoms with Gasteiger partial charge in [0.1, 0.15) is 11.9 Å².